The van der Waals surface area contributed by atoms with Crippen LogP contribution in [0.5, 0.6) is 0 Å². The SMILES string of the molecule is CCCCc1ccc(-n2c(C)cc(/C=N\NC(=O)c3cc4cc([N+](=O)[O-])ccc4o3)c2C)cc1. The minimum absolute atomic E-state index is 0.0290. The molecule has 34 heavy (non-hydrogen) atoms. The van der Waals surface area contributed by atoms with E-state index >= 15 is 0 Å². The highest BCUT2D eigenvalue weighted by molar-refractivity contribution is 5.97. The molecule has 0 saturated heterocycles. The highest BCUT2D eigenvalue weighted by Crippen LogP contribution is 2.24. The number of carbonyl (C=O) groups excluding carboxylic acids is 1. The molecule has 0 saturated carbocycles. The summed E-state index contributed by atoms with van der Waals surface area (Å²) in [5.74, 6) is -0.507. The summed E-state index contributed by atoms with van der Waals surface area (Å²) >= 11 is 0. The maximum atomic E-state index is 12.5. The van der Waals surface area contributed by atoms with Crippen LogP contribution in [-0.2, 0) is 6.42 Å². The van der Waals surface area contributed by atoms with E-state index in [2.05, 4.69) is 46.3 Å². The van der Waals surface area contributed by atoms with Crippen LogP contribution in [0, 0.1) is 24.0 Å². The summed E-state index contributed by atoms with van der Waals surface area (Å²) in [6.07, 6.45) is 5.04. The molecule has 2 heterocycles. The zero-order valence-corrected chi connectivity index (χ0v) is 19.4. The van der Waals surface area contributed by atoms with Crippen molar-refractivity contribution in [1.82, 2.24) is 9.99 Å². The van der Waals surface area contributed by atoms with Crippen LogP contribution in [0.3, 0.4) is 0 Å². The first-order valence-corrected chi connectivity index (χ1v) is 11.2. The monoisotopic (exact) mass is 458 g/mol. The lowest BCUT2D eigenvalue weighted by Gasteiger charge is -2.10. The lowest BCUT2D eigenvalue weighted by Crippen LogP contribution is -2.16. The van der Waals surface area contributed by atoms with Crippen LogP contribution in [0.15, 0.2) is 64.1 Å². The van der Waals surface area contributed by atoms with Gasteiger partial charge in [-0.3, -0.25) is 14.9 Å². The Kier molecular flexibility index (Phi) is 6.58. The van der Waals surface area contributed by atoms with Crippen molar-refractivity contribution in [3.8, 4) is 5.69 Å². The number of nitrogens with one attached hydrogen (secondary N) is 1. The summed E-state index contributed by atoms with van der Waals surface area (Å²) < 4.78 is 7.65. The molecule has 4 rings (SSSR count). The van der Waals surface area contributed by atoms with Crippen molar-refractivity contribution in [1.29, 1.82) is 0 Å². The zero-order valence-electron chi connectivity index (χ0n) is 19.4. The molecule has 0 aliphatic carbocycles. The molecule has 2 aromatic carbocycles. The summed E-state index contributed by atoms with van der Waals surface area (Å²) in [4.78, 5) is 22.9. The van der Waals surface area contributed by atoms with E-state index in [1.165, 1.54) is 42.7 Å². The number of unbranched alkanes of at least 4 members (excludes halogenated alkanes) is 1. The molecule has 4 aromatic rings. The van der Waals surface area contributed by atoms with Crippen molar-refractivity contribution in [2.75, 3.05) is 0 Å². The standard InChI is InChI=1S/C26H26N4O4/c1-4-5-6-19-7-9-22(10-8-19)29-17(2)13-21(18(29)3)16-27-28-26(31)25-15-20-14-23(30(32)33)11-12-24(20)34-25/h7-16H,4-6H2,1-3H3,(H,28,31)/b27-16-. The molecule has 0 unspecified atom stereocenters. The van der Waals surface area contributed by atoms with E-state index in [1.807, 2.05) is 19.9 Å². The van der Waals surface area contributed by atoms with Gasteiger partial charge in [-0.1, -0.05) is 25.5 Å². The zero-order chi connectivity index (χ0) is 24.2. The predicted octanol–water partition coefficient (Wildman–Crippen LogP) is 5.86. The van der Waals surface area contributed by atoms with Crippen molar-refractivity contribution in [3.63, 3.8) is 0 Å². The molecule has 0 aliphatic heterocycles. The van der Waals surface area contributed by atoms with Crippen LogP contribution < -0.4 is 5.43 Å². The van der Waals surface area contributed by atoms with Crippen LogP contribution in [0.4, 0.5) is 5.69 Å². The highest BCUT2D eigenvalue weighted by Gasteiger charge is 2.15. The van der Waals surface area contributed by atoms with Crippen molar-refractivity contribution in [3.05, 3.63) is 93.0 Å². The number of aromatic nitrogens is 1. The number of amides is 1. The topological polar surface area (TPSA) is 103 Å². The number of hydrogen-bond donors (Lipinski definition) is 1. The normalized spacial score (nSPS) is 11.4. The van der Waals surface area contributed by atoms with E-state index in [0.717, 1.165) is 29.1 Å². The van der Waals surface area contributed by atoms with Gasteiger partial charge in [-0.05, 0) is 62.6 Å². The highest BCUT2D eigenvalue weighted by atomic mass is 16.6. The summed E-state index contributed by atoms with van der Waals surface area (Å²) in [7, 11) is 0. The smallest absolute Gasteiger partial charge is 0.307 e. The van der Waals surface area contributed by atoms with E-state index in [1.54, 1.807) is 6.21 Å². The third-order valence-electron chi connectivity index (χ3n) is 5.79. The number of hydrazone groups is 1. The van der Waals surface area contributed by atoms with E-state index in [9.17, 15) is 14.9 Å². The van der Waals surface area contributed by atoms with Crippen molar-refractivity contribution in [2.24, 2.45) is 5.10 Å². The Morgan fingerprint density at radius 1 is 1.15 bits per heavy atom. The third-order valence-corrected chi connectivity index (χ3v) is 5.79. The lowest BCUT2D eigenvalue weighted by molar-refractivity contribution is -0.384. The second kappa shape index (κ2) is 9.74. The fourth-order valence-corrected chi connectivity index (χ4v) is 3.98. The van der Waals surface area contributed by atoms with Crippen molar-refractivity contribution in [2.45, 2.75) is 40.0 Å². The Hall–Kier alpha value is -4.20. The first-order valence-electron chi connectivity index (χ1n) is 11.2. The Morgan fingerprint density at radius 3 is 2.62 bits per heavy atom. The van der Waals surface area contributed by atoms with Crippen LogP contribution in [0.2, 0.25) is 0 Å². The molecular weight excluding hydrogens is 432 g/mol. The number of carbonyl (C=O) groups is 1. The number of benzene rings is 2. The lowest BCUT2D eigenvalue weighted by atomic mass is 10.1. The van der Waals surface area contributed by atoms with Gasteiger partial charge in [-0.15, -0.1) is 0 Å². The first kappa shape index (κ1) is 23.0. The molecular formula is C26H26N4O4. The molecule has 2 aromatic heterocycles. The summed E-state index contributed by atoms with van der Waals surface area (Å²) in [5, 5.41) is 15.5. The molecule has 0 radical (unpaired) electrons. The van der Waals surface area contributed by atoms with Gasteiger partial charge >= 0.3 is 5.91 Å². The Bertz CT molecular complexity index is 1380. The Labute approximate surface area is 197 Å². The average Bonchev–Trinajstić information content (AvgIpc) is 3.38. The van der Waals surface area contributed by atoms with Gasteiger partial charge in [0, 0.05) is 40.2 Å². The Morgan fingerprint density at radius 2 is 1.91 bits per heavy atom. The molecule has 8 heteroatoms. The molecule has 174 valence electrons. The molecule has 0 fully saturated rings. The molecule has 1 N–H and O–H groups in total. The van der Waals surface area contributed by atoms with Crippen LogP contribution >= 0.6 is 0 Å². The fraction of sp³-hybridized carbons (Fsp3) is 0.231. The van der Waals surface area contributed by atoms with E-state index in [4.69, 9.17) is 4.42 Å². The van der Waals surface area contributed by atoms with Crippen molar-refractivity contribution >= 4 is 28.8 Å². The van der Waals surface area contributed by atoms with Crippen LogP contribution in [0.1, 0.15) is 52.8 Å². The number of rotatable bonds is 8. The molecule has 0 aliphatic rings. The van der Waals surface area contributed by atoms with Gasteiger partial charge in [0.1, 0.15) is 5.58 Å². The van der Waals surface area contributed by atoms with Gasteiger partial charge in [-0.25, -0.2) is 5.43 Å². The number of nitro benzene ring substituents is 1. The minimum atomic E-state index is -0.536. The number of non-ortho nitro benzene ring substituents is 1. The average molecular weight is 459 g/mol. The van der Waals surface area contributed by atoms with E-state index in [0.29, 0.717) is 11.0 Å². The number of nitrogens with zero attached hydrogens (tertiary/aromatic N) is 3. The predicted molar refractivity (Wildman–Crippen MR) is 132 cm³/mol. The first-order chi connectivity index (χ1) is 16.4. The summed E-state index contributed by atoms with van der Waals surface area (Å²) in [6, 6.07) is 16.2. The van der Waals surface area contributed by atoms with Crippen molar-refractivity contribution < 1.29 is 14.1 Å². The molecule has 0 atom stereocenters. The third kappa shape index (κ3) is 4.76. The molecule has 1 amide bonds. The molecule has 0 bridgehead atoms. The number of aryl methyl sites for hydroxylation is 2. The number of furan rings is 1. The fourth-order valence-electron chi connectivity index (χ4n) is 3.98. The van der Waals surface area contributed by atoms with E-state index < -0.39 is 10.8 Å². The number of hydrogen-bond acceptors (Lipinski definition) is 5. The van der Waals surface area contributed by atoms with Crippen LogP contribution in [0.25, 0.3) is 16.7 Å². The van der Waals surface area contributed by atoms with Gasteiger partial charge in [0.2, 0.25) is 0 Å². The second-order valence-electron chi connectivity index (χ2n) is 8.22. The van der Waals surface area contributed by atoms with Gasteiger partial charge in [0.05, 0.1) is 11.1 Å². The molecule has 8 nitrogen and oxygen atoms in total. The largest absolute Gasteiger partial charge is 0.451 e. The summed E-state index contributed by atoms with van der Waals surface area (Å²) in [6.45, 7) is 6.23. The van der Waals surface area contributed by atoms with E-state index in [-0.39, 0.29) is 11.4 Å². The van der Waals surface area contributed by atoms with Gasteiger partial charge in [0.25, 0.3) is 5.69 Å². The summed E-state index contributed by atoms with van der Waals surface area (Å²) in [5.41, 5.74) is 8.15. The Balaban J connectivity index is 1.47. The molecule has 0 spiro atoms. The minimum Gasteiger partial charge on any atom is -0.451 e. The van der Waals surface area contributed by atoms with Gasteiger partial charge < -0.3 is 8.98 Å². The van der Waals surface area contributed by atoms with Crippen LogP contribution in [-0.4, -0.2) is 21.6 Å². The maximum absolute atomic E-state index is 12.5. The second-order valence-corrected chi connectivity index (χ2v) is 8.22. The number of nitro groups is 1. The van der Waals surface area contributed by atoms with Gasteiger partial charge in [0.15, 0.2) is 5.76 Å². The number of fused-ring (bicyclic) bond motifs is 1. The quantitative estimate of drug-likeness (QED) is 0.203. The van der Waals surface area contributed by atoms with Gasteiger partial charge in [-0.2, -0.15) is 5.10 Å². The maximum Gasteiger partial charge on any atom is 0.307 e.